The minimum absolute atomic E-state index is 0.0845. The van der Waals surface area contributed by atoms with Crippen LogP contribution in [0, 0.1) is 3.57 Å². The van der Waals surface area contributed by atoms with Crippen molar-refractivity contribution in [2.45, 2.75) is 11.4 Å². The van der Waals surface area contributed by atoms with Gasteiger partial charge in [0.15, 0.2) is 4.67 Å². The van der Waals surface area contributed by atoms with Gasteiger partial charge in [-0.25, -0.2) is 8.42 Å². The van der Waals surface area contributed by atoms with E-state index in [2.05, 4.69) is 48.6 Å². The Morgan fingerprint density at radius 2 is 1.95 bits per heavy atom. The lowest BCUT2D eigenvalue weighted by Crippen LogP contribution is -2.12. The van der Waals surface area contributed by atoms with Crippen LogP contribution in [-0.2, 0) is 16.6 Å². The zero-order valence-corrected chi connectivity index (χ0v) is 15.0. The molecule has 8 heteroatoms. The van der Waals surface area contributed by atoms with Crippen LogP contribution in [0.3, 0.4) is 0 Å². The predicted octanol–water partition coefficient (Wildman–Crippen LogP) is 3.17. The molecule has 1 aromatic carbocycles. The molecule has 0 fully saturated rings. The van der Waals surface area contributed by atoms with Gasteiger partial charge in [0.25, 0.3) is 10.0 Å². The maximum Gasteiger partial charge on any atom is 0.266 e. The summed E-state index contributed by atoms with van der Waals surface area (Å²) in [6, 6.07) is 8.57. The molecular formula is C12H12BrIN2O3S. The number of hydrogen-bond donors (Lipinski definition) is 2. The molecule has 0 amide bonds. The van der Waals surface area contributed by atoms with E-state index in [1.54, 1.807) is 19.2 Å². The third-order valence-corrected chi connectivity index (χ3v) is 5.40. The highest BCUT2D eigenvalue weighted by atomic mass is 127. The van der Waals surface area contributed by atoms with E-state index in [1.807, 2.05) is 12.1 Å². The van der Waals surface area contributed by atoms with Gasteiger partial charge in [-0.1, -0.05) is 0 Å². The third kappa shape index (κ3) is 3.74. The second-order valence-corrected chi connectivity index (χ2v) is 7.61. The van der Waals surface area contributed by atoms with Gasteiger partial charge >= 0.3 is 0 Å². The van der Waals surface area contributed by atoms with Crippen molar-refractivity contribution in [1.82, 2.24) is 5.32 Å². The van der Waals surface area contributed by atoms with Crippen molar-refractivity contribution in [3.8, 4) is 0 Å². The molecular weight excluding hydrogens is 459 g/mol. The van der Waals surface area contributed by atoms with E-state index in [1.165, 1.54) is 6.07 Å². The molecule has 20 heavy (non-hydrogen) atoms. The molecule has 0 aliphatic rings. The maximum absolute atomic E-state index is 12.3. The SMILES string of the molecule is CNCc1cc(S(=O)(=O)Nc2ccc(I)cc2)c(Br)o1. The fourth-order valence-corrected chi connectivity index (χ4v) is 3.99. The van der Waals surface area contributed by atoms with E-state index in [-0.39, 0.29) is 9.56 Å². The molecule has 0 saturated carbocycles. The summed E-state index contributed by atoms with van der Waals surface area (Å²) in [4.78, 5) is 0.0845. The largest absolute Gasteiger partial charge is 0.451 e. The van der Waals surface area contributed by atoms with Crippen LogP contribution in [-0.4, -0.2) is 15.5 Å². The average Bonchev–Trinajstić information content (AvgIpc) is 2.74. The lowest BCUT2D eigenvalue weighted by molar-refractivity contribution is 0.470. The first-order valence-electron chi connectivity index (χ1n) is 5.63. The normalized spacial score (nSPS) is 11.6. The highest BCUT2D eigenvalue weighted by molar-refractivity contribution is 14.1. The number of benzene rings is 1. The smallest absolute Gasteiger partial charge is 0.266 e. The Morgan fingerprint density at radius 3 is 2.55 bits per heavy atom. The van der Waals surface area contributed by atoms with Crippen LogP contribution in [0.15, 0.2) is 44.3 Å². The van der Waals surface area contributed by atoms with Crippen LogP contribution in [0.1, 0.15) is 5.76 Å². The fraction of sp³-hybridized carbons (Fsp3) is 0.167. The van der Waals surface area contributed by atoms with Crippen molar-refractivity contribution in [3.63, 3.8) is 0 Å². The molecule has 0 aliphatic carbocycles. The molecule has 0 bridgehead atoms. The Balaban J connectivity index is 2.28. The summed E-state index contributed by atoms with van der Waals surface area (Å²) in [6.07, 6.45) is 0. The fourth-order valence-electron chi connectivity index (χ4n) is 1.57. The van der Waals surface area contributed by atoms with E-state index in [9.17, 15) is 8.42 Å². The Labute approximate surface area is 139 Å². The Kier molecular flexibility index (Phi) is 5.10. The van der Waals surface area contributed by atoms with Crippen LogP contribution in [0.25, 0.3) is 0 Å². The zero-order valence-electron chi connectivity index (χ0n) is 10.5. The first-order valence-corrected chi connectivity index (χ1v) is 8.99. The summed E-state index contributed by atoms with van der Waals surface area (Å²) in [5.74, 6) is 0.544. The molecule has 2 rings (SSSR count). The van der Waals surface area contributed by atoms with Gasteiger partial charge in [0.2, 0.25) is 0 Å². The van der Waals surface area contributed by atoms with Crippen LogP contribution in [0.2, 0.25) is 0 Å². The summed E-state index contributed by atoms with van der Waals surface area (Å²) in [5, 5.41) is 2.90. The second kappa shape index (κ2) is 6.46. The van der Waals surface area contributed by atoms with Gasteiger partial charge < -0.3 is 9.73 Å². The predicted molar refractivity (Wildman–Crippen MR) is 89.1 cm³/mol. The number of anilines is 1. The van der Waals surface area contributed by atoms with Crippen molar-refractivity contribution in [2.24, 2.45) is 0 Å². The van der Waals surface area contributed by atoms with Gasteiger partial charge in [0, 0.05) is 15.3 Å². The van der Waals surface area contributed by atoms with Gasteiger partial charge in [0.1, 0.15) is 10.7 Å². The number of nitrogens with one attached hydrogen (secondary N) is 2. The molecule has 0 atom stereocenters. The second-order valence-electron chi connectivity index (χ2n) is 3.99. The van der Waals surface area contributed by atoms with Crippen molar-refractivity contribution in [1.29, 1.82) is 0 Å². The standard InChI is InChI=1S/C12H12BrIN2O3S/c1-15-7-10-6-11(12(13)19-10)20(17,18)16-9-4-2-8(14)3-5-9/h2-6,15-16H,7H2,1H3. The molecule has 2 aromatic rings. The summed E-state index contributed by atoms with van der Waals surface area (Å²) >= 11 is 5.29. The topological polar surface area (TPSA) is 71.3 Å². The molecule has 5 nitrogen and oxygen atoms in total. The van der Waals surface area contributed by atoms with Gasteiger partial charge in [-0.15, -0.1) is 0 Å². The molecule has 108 valence electrons. The number of halogens is 2. The van der Waals surface area contributed by atoms with Crippen LogP contribution in [0.4, 0.5) is 5.69 Å². The molecule has 2 N–H and O–H groups in total. The number of hydrogen-bond acceptors (Lipinski definition) is 4. The Hall–Kier alpha value is -0.580. The Bertz CT molecular complexity index is 698. The van der Waals surface area contributed by atoms with Gasteiger partial charge in [-0.2, -0.15) is 0 Å². The van der Waals surface area contributed by atoms with Crippen molar-refractivity contribution in [2.75, 3.05) is 11.8 Å². The molecule has 0 unspecified atom stereocenters. The minimum atomic E-state index is -3.68. The van der Waals surface area contributed by atoms with Crippen LogP contribution < -0.4 is 10.0 Å². The average molecular weight is 471 g/mol. The molecule has 0 aliphatic heterocycles. The van der Waals surface area contributed by atoms with Crippen LogP contribution in [0.5, 0.6) is 0 Å². The minimum Gasteiger partial charge on any atom is -0.451 e. The maximum atomic E-state index is 12.3. The van der Waals surface area contributed by atoms with Crippen molar-refractivity contribution >= 4 is 54.2 Å². The van der Waals surface area contributed by atoms with Crippen LogP contribution >= 0.6 is 38.5 Å². The molecule has 1 heterocycles. The molecule has 0 saturated heterocycles. The summed E-state index contributed by atoms with van der Waals surface area (Å²) in [7, 11) is -1.92. The van der Waals surface area contributed by atoms with Gasteiger partial charge in [0.05, 0.1) is 6.54 Å². The monoisotopic (exact) mass is 470 g/mol. The van der Waals surface area contributed by atoms with E-state index >= 15 is 0 Å². The molecule has 1 aromatic heterocycles. The summed E-state index contributed by atoms with van der Waals surface area (Å²) < 4.78 is 33.7. The lowest BCUT2D eigenvalue weighted by Gasteiger charge is -2.06. The van der Waals surface area contributed by atoms with E-state index in [4.69, 9.17) is 4.42 Å². The molecule has 0 spiro atoms. The first kappa shape index (κ1) is 15.8. The number of rotatable bonds is 5. The Morgan fingerprint density at radius 1 is 1.30 bits per heavy atom. The lowest BCUT2D eigenvalue weighted by atomic mass is 10.3. The highest BCUT2D eigenvalue weighted by Gasteiger charge is 2.22. The number of sulfonamides is 1. The van der Waals surface area contributed by atoms with Crippen molar-refractivity contribution in [3.05, 3.63) is 44.3 Å². The van der Waals surface area contributed by atoms with Gasteiger partial charge in [-0.05, 0) is 69.8 Å². The number of furan rings is 1. The van der Waals surface area contributed by atoms with E-state index in [0.717, 1.165) is 3.57 Å². The molecule has 0 radical (unpaired) electrons. The first-order chi connectivity index (χ1) is 9.42. The van der Waals surface area contributed by atoms with Gasteiger partial charge in [-0.3, -0.25) is 4.72 Å². The summed E-state index contributed by atoms with van der Waals surface area (Å²) in [6.45, 7) is 0.456. The van der Waals surface area contributed by atoms with E-state index in [0.29, 0.717) is 18.0 Å². The summed E-state index contributed by atoms with van der Waals surface area (Å²) in [5.41, 5.74) is 0.508. The highest BCUT2D eigenvalue weighted by Crippen LogP contribution is 2.28. The zero-order chi connectivity index (χ0) is 14.8. The van der Waals surface area contributed by atoms with E-state index < -0.39 is 10.0 Å². The van der Waals surface area contributed by atoms with Crippen molar-refractivity contribution < 1.29 is 12.8 Å². The quantitative estimate of drug-likeness (QED) is 0.658. The third-order valence-electron chi connectivity index (χ3n) is 2.44.